The van der Waals surface area contributed by atoms with Crippen LogP contribution in [0.3, 0.4) is 0 Å². The van der Waals surface area contributed by atoms with Crippen molar-refractivity contribution in [3.8, 4) is 0 Å². The maximum absolute atomic E-state index is 11.1. The van der Waals surface area contributed by atoms with Gasteiger partial charge in [-0.15, -0.1) is 0 Å². The van der Waals surface area contributed by atoms with E-state index in [1.54, 1.807) is 12.1 Å². The van der Waals surface area contributed by atoms with E-state index >= 15 is 0 Å². The van der Waals surface area contributed by atoms with Crippen molar-refractivity contribution in [3.05, 3.63) is 52.2 Å². The number of pyridine rings is 1. The Morgan fingerprint density at radius 3 is 2.55 bits per heavy atom. The third-order valence-corrected chi connectivity index (χ3v) is 3.40. The number of anilines is 2. The fraction of sp³-hybridized carbons (Fsp3) is 0.200. The zero-order valence-corrected chi connectivity index (χ0v) is 12.3. The number of carboxylic acids is 1. The number of benzene rings is 1. The number of carboxylic acid groups (broad SMARTS) is 1. The summed E-state index contributed by atoms with van der Waals surface area (Å²) in [6.07, 6.45) is 0. The lowest BCUT2D eigenvalue weighted by Crippen LogP contribution is -2.14. The molecule has 0 aliphatic carbocycles. The minimum absolute atomic E-state index is 0.135. The molecule has 0 saturated carbocycles. The molecule has 0 amide bonds. The Kier molecular flexibility index (Phi) is 3.95. The van der Waals surface area contributed by atoms with Crippen molar-refractivity contribution in [1.29, 1.82) is 0 Å². The third kappa shape index (κ3) is 2.75. The maximum Gasteiger partial charge on any atom is 0.356 e. The van der Waals surface area contributed by atoms with Gasteiger partial charge in [0, 0.05) is 12.7 Å². The monoisotopic (exact) mass is 290 g/mol. The molecule has 1 heterocycles. The number of aryl methyl sites for hydroxylation is 2. The van der Waals surface area contributed by atoms with Crippen molar-refractivity contribution >= 4 is 29.1 Å². The van der Waals surface area contributed by atoms with E-state index < -0.39 is 5.97 Å². The molecule has 5 heteroatoms. The number of hydrogen-bond donors (Lipinski definition) is 1. The molecule has 0 unspecified atom stereocenters. The normalized spacial score (nSPS) is 10.4. The minimum atomic E-state index is -1.13. The van der Waals surface area contributed by atoms with Gasteiger partial charge in [-0.25, -0.2) is 9.78 Å². The van der Waals surface area contributed by atoms with Gasteiger partial charge in [-0.3, -0.25) is 0 Å². The third-order valence-electron chi connectivity index (χ3n) is 3.09. The summed E-state index contributed by atoms with van der Waals surface area (Å²) in [5, 5.41) is 9.20. The van der Waals surface area contributed by atoms with Gasteiger partial charge >= 0.3 is 5.97 Å². The van der Waals surface area contributed by atoms with E-state index in [0.29, 0.717) is 5.82 Å². The van der Waals surface area contributed by atoms with Crippen molar-refractivity contribution in [2.75, 3.05) is 11.9 Å². The van der Waals surface area contributed by atoms with Gasteiger partial charge in [-0.2, -0.15) is 0 Å². The van der Waals surface area contributed by atoms with Gasteiger partial charge in [0.25, 0.3) is 0 Å². The second kappa shape index (κ2) is 5.51. The molecule has 0 spiro atoms. The van der Waals surface area contributed by atoms with E-state index in [2.05, 4.69) is 11.1 Å². The first-order valence-electron chi connectivity index (χ1n) is 6.11. The molecule has 1 N–H and O–H groups in total. The smallest absolute Gasteiger partial charge is 0.356 e. The van der Waals surface area contributed by atoms with Crippen molar-refractivity contribution in [2.24, 2.45) is 0 Å². The van der Waals surface area contributed by atoms with Crippen molar-refractivity contribution < 1.29 is 9.90 Å². The molecule has 1 aromatic heterocycles. The van der Waals surface area contributed by atoms with Crippen LogP contribution in [0.25, 0.3) is 0 Å². The van der Waals surface area contributed by atoms with Crippen LogP contribution in [0.4, 0.5) is 11.5 Å². The molecule has 0 saturated heterocycles. The first-order chi connectivity index (χ1) is 9.40. The topological polar surface area (TPSA) is 53.4 Å². The Bertz CT molecular complexity index is 671. The zero-order valence-electron chi connectivity index (χ0n) is 11.5. The molecule has 0 bridgehead atoms. The van der Waals surface area contributed by atoms with E-state index in [1.807, 2.05) is 37.9 Å². The van der Waals surface area contributed by atoms with Crippen molar-refractivity contribution in [1.82, 2.24) is 4.98 Å². The number of aromatic nitrogens is 1. The van der Waals surface area contributed by atoms with Crippen LogP contribution in [0, 0.1) is 13.8 Å². The molecule has 0 fully saturated rings. The van der Waals surface area contributed by atoms with Crippen LogP contribution in [0.1, 0.15) is 21.6 Å². The van der Waals surface area contributed by atoms with Crippen LogP contribution in [0.2, 0.25) is 5.02 Å². The summed E-state index contributed by atoms with van der Waals surface area (Å²) in [5.41, 5.74) is 3.11. The second-order valence-corrected chi connectivity index (χ2v) is 5.06. The Hall–Kier alpha value is -2.07. The molecular weight excluding hydrogens is 276 g/mol. The first-order valence-corrected chi connectivity index (χ1v) is 6.49. The maximum atomic E-state index is 11.1. The van der Waals surface area contributed by atoms with E-state index in [9.17, 15) is 4.79 Å². The van der Waals surface area contributed by atoms with E-state index in [0.717, 1.165) is 11.3 Å². The lowest BCUT2D eigenvalue weighted by atomic mass is 10.1. The van der Waals surface area contributed by atoms with Gasteiger partial charge in [-0.1, -0.05) is 29.3 Å². The fourth-order valence-corrected chi connectivity index (χ4v) is 2.26. The SMILES string of the molecule is Cc1ccc(N(C)c2ccc(Cl)c(C(=O)O)n2)c(C)c1. The molecule has 2 rings (SSSR count). The Balaban J connectivity index is 2.45. The Morgan fingerprint density at radius 1 is 1.25 bits per heavy atom. The summed E-state index contributed by atoms with van der Waals surface area (Å²) in [6.45, 7) is 4.03. The number of aromatic carboxylic acids is 1. The molecular formula is C15H15ClN2O2. The van der Waals surface area contributed by atoms with E-state index in [-0.39, 0.29) is 10.7 Å². The molecule has 2 aromatic rings. The molecule has 104 valence electrons. The summed E-state index contributed by atoms with van der Waals surface area (Å²) < 4.78 is 0. The predicted octanol–water partition coefficient (Wildman–Crippen LogP) is 3.82. The highest BCUT2D eigenvalue weighted by molar-refractivity contribution is 6.33. The van der Waals surface area contributed by atoms with Crippen LogP contribution in [-0.4, -0.2) is 23.1 Å². The highest BCUT2D eigenvalue weighted by Gasteiger charge is 2.15. The summed E-state index contributed by atoms with van der Waals surface area (Å²) in [4.78, 5) is 17.0. The van der Waals surface area contributed by atoms with Crippen LogP contribution >= 0.6 is 11.6 Å². The molecule has 4 nitrogen and oxygen atoms in total. The molecule has 1 aromatic carbocycles. The highest BCUT2D eigenvalue weighted by atomic mass is 35.5. The average Bonchev–Trinajstić information content (AvgIpc) is 2.38. The molecule has 0 aliphatic heterocycles. The summed E-state index contributed by atoms with van der Waals surface area (Å²) in [6, 6.07) is 9.32. The van der Waals surface area contributed by atoms with Crippen molar-refractivity contribution in [2.45, 2.75) is 13.8 Å². The second-order valence-electron chi connectivity index (χ2n) is 4.65. The first kappa shape index (κ1) is 14.3. The Labute approximate surface area is 122 Å². The quantitative estimate of drug-likeness (QED) is 0.934. The van der Waals surface area contributed by atoms with Crippen LogP contribution in [-0.2, 0) is 0 Å². The number of nitrogens with zero attached hydrogens (tertiary/aromatic N) is 2. The highest BCUT2D eigenvalue weighted by Crippen LogP contribution is 2.27. The number of carbonyl (C=O) groups is 1. The van der Waals surface area contributed by atoms with E-state index in [1.165, 1.54) is 5.56 Å². The summed E-state index contributed by atoms with van der Waals surface area (Å²) in [7, 11) is 1.85. The summed E-state index contributed by atoms with van der Waals surface area (Å²) in [5.74, 6) is -0.593. The largest absolute Gasteiger partial charge is 0.476 e. The van der Waals surface area contributed by atoms with Gasteiger partial charge in [0.2, 0.25) is 0 Å². The zero-order chi connectivity index (χ0) is 14.9. The lowest BCUT2D eigenvalue weighted by molar-refractivity contribution is 0.0691. The van der Waals surface area contributed by atoms with Gasteiger partial charge in [0.05, 0.1) is 5.02 Å². The van der Waals surface area contributed by atoms with Gasteiger partial charge < -0.3 is 10.0 Å². The standard InChI is InChI=1S/C15H15ClN2O2/c1-9-4-6-12(10(2)8-9)18(3)13-7-5-11(16)14(17-13)15(19)20/h4-8H,1-3H3,(H,19,20). The molecule has 20 heavy (non-hydrogen) atoms. The fourth-order valence-electron chi connectivity index (χ4n) is 2.07. The van der Waals surface area contributed by atoms with Crippen molar-refractivity contribution in [3.63, 3.8) is 0 Å². The predicted molar refractivity (Wildman–Crippen MR) is 80.2 cm³/mol. The molecule has 0 aliphatic rings. The molecule has 0 radical (unpaired) electrons. The van der Waals surface area contributed by atoms with Gasteiger partial charge in [0.15, 0.2) is 5.69 Å². The summed E-state index contributed by atoms with van der Waals surface area (Å²) >= 11 is 5.83. The lowest BCUT2D eigenvalue weighted by Gasteiger charge is -2.21. The van der Waals surface area contributed by atoms with Crippen LogP contribution in [0.5, 0.6) is 0 Å². The number of halogens is 1. The van der Waals surface area contributed by atoms with Gasteiger partial charge in [0.1, 0.15) is 5.82 Å². The minimum Gasteiger partial charge on any atom is -0.476 e. The average molecular weight is 291 g/mol. The van der Waals surface area contributed by atoms with Crippen LogP contribution < -0.4 is 4.90 Å². The van der Waals surface area contributed by atoms with Crippen LogP contribution in [0.15, 0.2) is 30.3 Å². The number of rotatable bonds is 3. The number of hydrogen-bond acceptors (Lipinski definition) is 3. The van der Waals surface area contributed by atoms with E-state index in [4.69, 9.17) is 16.7 Å². The van der Waals surface area contributed by atoms with Gasteiger partial charge in [-0.05, 0) is 37.6 Å². The Morgan fingerprint density at radius 2 is 1.95 bits per heavy atom. The molecule has 0 atom stereocenters.